The normalized spacial score (nSPS) is 11.9. The quantitative estimate of drug-likeness (QED) is 0.207. The van der Waals surface area contributed by atoms with Gasteiger partial charge in [-0.1, -0.05) is 31.9 Å². The van der Waals surface area contributed by atoms with Gasteiger partial charge in [0.25, 0.3) is 5.91 Å². The Morgan fingerprint density at radius 3 is 2.23 bits per heavy atom. The maximum Gasteiger partial charge on any atom is 0.306 e. The smallest absolute Gasteiger partial charge is 0.306 e. The second-order valence-electron chi connectivity index (χ2n) is 9.63. The molecule has 196 valence electrons. The van der Waals surface area contributed by atoms with Gasteiger partial charge in [0.1, 0.15) is 17.4 Å². The zero-order valence-corrected chi connectivity index (χ0v) is 21.9. The molecule has 0 bridgehead atoms. The SMILES string of the molecule is CCCC[C@H](NC(=O)C(=O)CCCCc1ccc(OC)cc1)C(=O)NCCCC(=O)OC(C)(C)C. The molecule has 1 aromatic rings. The minimum atomic E-state index is -0.771. The van der Waals surface area contributed by atoms with E-state index < -0.39 is 23.3 Å². The van der Waals surface area contributed by atoms with Crippen LogP contribution in [0.15, 0.2) is 24.3 Å². The first-order chi connectivity index (χ1) is 16.6. The molecule has 0 heterocycles. The van der Waals surface area contributed by atoms with E-state index in [9.17, 15) is 19.2 Å². The van der Waals surface area contributed by atoms with E-state index in [0.29, 0.717) is 19.3 Å². The molecule has 0 aliphatic carbocycles. The fraction of sp³-hybridized carbons (Fsp3) is 0.630. The van der Waals surface area contributed by atoms with E-state index in [1.165, 1.54) is 0 Å². The van der Waals surface area contributed by atoms with Gasteiger partial charge < -0.3 is 20.1 Å². The van der Waals surface area contributed by atoms with Crippen molar-refractivity contribution in [2.45, 2.75) is 97.1 Å². The number of rotatable bonds is 16. The summed E-state index contributed by atoms with van der Waals surface area (Å²) in [5.74, 6) is -1.10. The summed E-state index contributed by atoms with van der Waals surface area (Å²) in [6.45, 7) is 7.68. The number of Topliss-reactive ketones (excluding diaryl/α,β-unsaturated/α-hetero) is 1. The molecule has 2 amide bonds. The number of esters is 1. The van der Waals surface area contributed by atoms with Crippen molar-refractivity contribution < 1.29 is 28.7 Å². The standard InChI is InChI=1S/C27H42N2O6/c1-6-7-12-22(25(32)28-19-10-14-24(31)35-27(2,3)4)29-26(33)23(30)13-9-8-11-20-15-17-21(34-5)18-16-20/h15-18,22H,6-14,19H2,1-5H3,(H,28,32)(H,29,33)/t22-/m0/s1. The highest BCUT2D eigenvalue weighted by Gasteiger charge is 2.23. The van der Waals surface area contributed by atoms with E-state index in [0.717, 1.165) is 37.0 Å². The topological polar surface area (TPSA) is 111 Å². The number of amides is 2. The van der Waals surface area contributed by atoms with Gasteiger partial charge in [0.05, 0.1) is 7.11 Å². The van der Waals surface area contributed by atoms with E-state index in [-0.39, 0.29) is 31.3 Å². The zero-order valence-electron chi connectivity index (χ0n) is 21.9. The fourth-order valence-corrected chi connectivity index (χ4v) is 3.40. The lowest BCUT2D eigenvalue weighted by atomic mass is 10.0. The molecular formula is C27H42N2O6. The number of aryl methyl sites for hydroxylation is 1. The lowest BCUT2D eigenvalue weighted by Gasteiger charge is -2.20. The number of hydrogen-bond donors (Lipinski definition) is 2. The van der Waals surface area contributed by atoms with Crippen molar-refractivity contribution in [3.63, 3.8) is 0 Å². The molecule has 1 rings (SSSR count). The molecule has 0 unspecified atom stereocenters. The number of benzene rings is 1. The van der Waals surface area contributed by atoms with Crippen LogP contribution in [0.1, 0.15) is 84.6 Å². The molecule has 0 radical (unpaired) electrons. The van der Waals surface area contributed by atoms with E-state index in [1.54, 1.807) is 27.9 Å². The van der Waals surface area contributed by atoms with Crippen LogP contribution in [0.5, 0.6) is 5.75 Å². The van der Waals surface area contributed by atoms with E-state index >= 15 is 0 Å². The Bertz CT molecular complexity index is 814. The van der Waals surface area contributed by atoms with Gasteiger partial charge in [0, 0.05) is 19.4 Å². The van der Waals surface area contributed by atoms with Crippen LogP contribution in [0.25, 0.3) is 0 Å². The van der Waals surface area contributed by atoms with E-state index in [4.69, 9.17) is 9.47 Å². The molecule has 8 heteroatoms. The molecule has 0 aliphatic heterocycles. The van der Waals surface area contributed by atoms with Crippen LogP contribution in [0, 0.1) is 0 Å². The van der Waals surface area contributed by atoms with Gasteiger partial charge in [-0.2, -0.15) is 0 Å². The summed E-state index contributed by atoms with van der Waals surface area (Å²) in [5.41, 5.74) is 0.601. The first-order valence-electron chi connectivity index (χ1n) is 12.5. The third-order valence-electron chi connectivity index (χ3n) is 5.28. The van der Waals surface area contributed by atoms with Crippen LogP contribution in [-0.2, 0) is 30.3 Å². The Kier molecular flexibility index (Phi) is 13.7. The van der Waals surface area contributed by atoms with E-state index in [1.807, 2.05) is 31.2 Å². The van der Waals surface area contributed by atoms with Crippen molar-refractivity contribution in [3.05, 3.63) is 29.8 Å². The van der Waals surface area contributed by atoms with Gasteiger partial charge in [0.2, 0.25) is 11.7 Å². The molecule has 0 saturated heterocycles. The van der Waals surface area contributed by atoms with Gasteiger partial charge in [-0.15, -0.1) is 0 Å². The molecule has 0 saturated carbocycles. The summed E-state index contributed by atoms with van der Waals surface area (Å²) < 4.78 is 10.4. The monoisotopic (exact) mass is 490 g/mol. The molecular weight excluding hydrogens is 448 g/mol. The summed E-state index contributed by atoms with van der Waals surface area (Å²) >= 11 is 0. The van der Waals surface area contributed by atoms with Crippen molar-refractivity contribution >= 4 is 23.6 Å². The predicted octanol–water partition coefficient (Wildman–Crippen LogP) is 3.89. The predicted molar refractivity (Wildman–Crippen MR) is 135 cm³/mol. The minimum absolute atomic E-state index is 0.139. The molecule has 1 atom stereocenters. The van der Waals surface area contributed by atoms with Crippen molar-refractivity contribution in [1.82, 2.24) is 10.6 Å². The number of carbonyl (C=O) groups is 4. The van der Waals surface area contributed by atoms with E-state index in [2.05, 4.69) is 10.6 Å². The molecule has 0 spiro atoms. The second kappa shape index (κ2) is 15.9. The summed E-state index contributed by atoms with van der Waals surface area (Å²) in [6.07, 6.45) is 5.00. The summed E-state index contributed by atoms with van der Waals surface area (Å²) in [7, 11) is 1.62. The summed E-state index contributed by atoms with van der Waals surface area (Å²) in [6, 6.07) is 6.99. The van der Waals surface area contributed by atoms with Crippen LogP contribution in [0.4, 0.5) is 0 Å². The van der Waals surface area contributed by atoms with Gasteiger partial charge in [0.15, 0.2) is 0 Å². The second-order valence-corrected chi connectivity index (χ2v) is 9.63. The van der Waals surface area contributed by atoms with Crippen LogP contribution < -0.4 is 15.4 Å². The molecule has 0 aliphatic rings. The number of nitrogens with one attached hydrogen (secondary N) is 2. The number of hydrogen-bond acceptors (Lipinski definition) is 6. The molecule has 2 N–H and O–H groups in total. The van der Waals surface area contributed by atoms with Crippen LogP contribution in [0.2, 0.25) is 0 Å². The van der Waals surface area contributed by atoms with Crippen LogP contribution in [-0.4, -0.2) is 48.9 Å². The number of unbranched alkanes of at least 4 members (excludes halogenated alkanes) is 2. The number of carbonyl (C=O) groups excluding carboxylic acids is 4. The summed E-state index contributed by atoms with van der Waals surface area (Å²) in [4.78, 5) is 49.1. The highest BCUT2D eigenvalue weighted by Crippen LogP contribution is 2.14. The van der Waals surface area contributed by atoms with Crippen LogP contribution >= 0.6 is 0 Å². The van der Waals surface area contributed by atoms with Crippen molar-refractivity contribution in [1.29, 1.82) is 0 Å². The van der Waals surface area contributed by atoms with Gasteiger partial charge in [-0.05, 0) is 70.6 Å². The molecule has 1 aromatic carbocycles. The molecule has 0 fully saturated rings. The van der Waals surface area contributed by atoms with Crippen molar-refractivity contribution in [3.8, 4) is 5.75 Å². The maximum atomic E-state index is 12.6. The Morgan fingerprint density at radius 1 is 0.943 bits per heavy atom. The third-order valence-corrected chi connectivity index (χ3v) is 5.28. The summed E-state index contributed by atoms with van der Waals surface area (Å²) in [5, 5.41) is 5.35. The Labute approximate surface area is 209 Å². The largest absolute Gasteiger partial charge is 0.497 e. The molecule has 0 aromatic heterocycles. The molecule has 8 nitrogen and oxygen atoms in total. The van der Waals surface area contributed by atoms with Crippen molar-refractivity contribution in [2.24, 2.45) is 0 Å². The van der Waals surface area contributed by atoms with Crippen LogP contribution in [0.3, 0.4) is 0 Å². The number of ketones is 1. The number of methoxy groups -OCH3 is 1. The van der Waals surface area contributed by atoms with Gasteiger partial charge >= 0.3 is 5.97 Å². The highest BCUT2D eigenvalue weighted by atomic mass is 16.6. The lowest BCUT2D eigenvalue weighted by molar-refractivity contribution is -0.155. The van der Waals surface area contributed by atoms with Crippen molar-refractivity contribution in [2.75, 3.05) is 13.7 Å². The maximum absolute atomic E-state index is 12.6. The Morgan fingerprint density at radius 2 is 1.63 bits per heavy atom. The fourth-order valence-electron chi connectivity index (χ4n) is 3.40. The zero-order chi connectivity index (χ0) is 26.3. The first-order valence-corrected chi connectivity index (χ1v) is 12.5. The lowest BCUT2D eigenvalue weighted by Crippen LogP contribution is -2.48. The minimum Gasteiger partial charge on any atom is -0.497 e. The Hall–Kier alpha value is -2.90. The van der Waals surface area contributed by atoms with Gasteiger partial charge in [-0.25, -0.2) is 0 Å². The average Bonchev–Trinajstić information content (AvgIpc) is 2.81. The Balaban J connectivity index is 2.40. The first kappa shape index (κ1) is 30.1. The third kappa shape index (κ3) is 13.5. The average molecular weight is 491 g/mol. The van der Waals surface area contributed by atoms with Gasteiger partial charge in [-0.3, -0.25) is 19.2 Å². The number of ether oxygens (including phenoxy) is 2. The molecule has 35 heavy (non-hydrogen) atoms. The highest BCUT2D eigenvalue weighted by molar-refractivity contribution is 6.36.